The lowest BCUT2D eigenvalue weighted by atomic mass is 9.86. The normalized spacial score (nSPS) is 18.2. The van der Waals surface area contributed by atoms with E-state index in [-0.39, 0.29) is 28.9 Å². The van der Waals surface area contributed by atoms with E-state index in [0.717, 1.165) is 6.07 Å². The van der Waals surface area contributed by atoms with Gasteiger partial charge in [0.05, 0.1) is 18.0 Å². The van der Waals surface area contributed by atoms with Gasteiger partial charge >= 0.3 is 0 Å². The van der Waals surface area contributed by atoms with Crippen molar-refractivity contribution in [3.63, 3.8) is 0 Å². The average Bonchev–Trinajstić information content (AvgIpc) is 3.50. The zero-order valence-corrected chi connectivity index (χ0v) is 21.6. The second-order valence-corrected chi connectivity index (χ2v) is 10.9. The van der Waals surface area contributed by atoms with Gasteiger partial charge in [0, 0.05) is 28.8 Å². The minimum atomic E-state index is -1.03. The number of fused-ring (bicyclic) bond motifs is 1. The molecule has 3 unspecified atom stereocenters. The van der Waals surface area contributed by atoms with Gasteiger partial charge < -0.3 is 20.5 Å². The maximum atomic E-state index is 14.2. The smallest absolute Gasteiger partial charge is 0.268 e. The summed E-state index contributed by atoms with van der Waals surface area (Å²) in [4.78, 5) is 30.8. The van der Waals surface area contributed by atoms with Crippen LogP contribution < -0.4 is 10.6 Å². The Kier molecular flexibility index (Phi) is 7.53. The van der Waals surface area contributed by atoms with Crippen LogP contribution in [0.5, 0.6) is 0 Å². The first-order valence-electron chi connectivity index (χ1n) is 12.5. The molecule has 1 aliphatic rings. The summed E-state index contributed by atoms with van der Waals surface area (Å²) in [5.41, 5.74) is 1.35. The molecule has 2 heterocycles. The number of aromatic amines is 1. The molecule has 9 heteroatoms. The third kappa shape index (κ3) is 5.86. The minimum Gasteiger partial charge on any atom is -0.357 e. The lowest BCUT2D eigenvalue weighted by molar-refractivity contribution is -0.119. The third-order valence-electron chi connectivity index (χ3n) is 6.69. The first-order valence-corrected chi connectivity index (χ1v) is 12.5. The molecule has 38 heavy (non-hydrogen) atoms. The molecule has 198 valence electrons. The third-order valence-corrected chi connectivity index (χ3v) is 6.69. The number of aromatic nitrogens is 1. The van der Waals surface area contributed by atoms with Gasteiger partial charge in [-0.25, -0.2) is 8.78 Å². The molecule has 0 aliphatic carbocycles. The Morgan fingerprint density at radius 1 is 1.21 bits per heavy atom. The van der Waals surface area contributed by atoms with Gasteiger partial charge in [-0.2, -0.15) is 5.26 Å². The van der Waals surface area contributed by atoms with Gasteiger partial charge in [-0.1, -0.05) is 45.5 Å². The fourth-order valence-corrected chi connectivity index (χ4v) is 4.80. The number of rotatable bonds is 7. The molecule has 2 aromatic carbocycles. The Labute approximate surface area is 220 Å². The van der Waals surface area contributed by atoms with E-state index in [0.29, 0.717) is 29.7 Å². The van der Waals surface area contributed by atoms with Crippen LogP contribution >= 0.6 is 0 Å². The first-order chi connectivity index (χ1) is 18.0. The highest BCUT2D eigenvalue weighted by molar-refractivity contribution is 5.98. The van der Waals surface area contributed by atoms with Crippen molar-refractivity contribution in [2.45, 2.75) is 45.7 Å². The van der Waals surface area contributed by atoms with E-state index >= 15 is 0 Å². The molecule has 3 N–H and O–H groups in total. The summed E-state index contributed by atoms with van der Waals surface area (Å²) in [5.74, 6) is -3.15. The molecule has 1 saturated heterocycles. The number of hydrogen-bond donors (Lipinski definition) is 3. The molecule has 3 atom stereocenters. The molecule has 1 aromatic heterocycles. The number of benzene rings is 2. The molecule has 0 bridgehead atoms. The molecular weight excluding hydrogens is 488 g/mol. The van der Waals surface area contributed by atoms with Crippen molar-refractivity contribution in [3.8, 4) is 6.07 Å². The number of anilines is 1. The van der Waals surface area contributed by atoms with E-state index < -0.39 is 35.5 Å². The average molecular weight is 520 g/mol. The number of carbonyl (C=O) groups excluding carboxylic acids is 2. The summed E-state index contributed by atoms with van der Waals surface area (Å²) in [6.07, 6.45) is 0.827. The SMILES string of the molecule is C=C(C(CC(C)(C)C)NC(=O)c1cc2c(F)c(F)ccc2[nH]1)N1CC(C(=O)Nc2ccccc2)CC1C#N. The molecule has 0 spiro atoms. The van der Waals surface area contributed by atoms with Crippen LogP contribution in [0.25, 0.3) is 10.9 Å². The summed E-state index contributed by atoms with van der Waals surface area (Å²) < 4.78 is 27.9. The first kappa shape index (κ1) is 26.9. The fourth-order valence-electron chi connectivity index (χ4n) is 4.80. The van der Waals surface area contributed by atoms with E-state index in [1.807, 2.05) is 39.0 Å². The van der Waals surface area contributed by atoms with Crippen molar-refractivity contribution in [1.82, 2.24) is 15.2 Å². The quantitative estimate of drug-likeness (QED) is 0.392. The van der Waals surface area contributed by atoms with Crippen molar-refractivity contribution in [3.05, 3.63) is 78.1 Å². The highest BCUT2D eigenvalue weighted by atomic mass is 19.2. The number of nitrogens with zero attached hydrogens (tertiary/aromatic N) is 2. The maximum Gasteiger partial charge on any atom is 0.268 e. The summed E-state index contributed by atoms with van der Waals surface area (Å²) in [7, 11) is 0. The molecule has 4 rings (SSSR count). The van der Waals surface area contributed by atoms with Crippen LogP contribution in [0.15, 0.2) is 60.8 Å². The van der Waals surface area contributed by atoms with Gasteiger partial charge in [0.2, 0.25) is 5.91 Å². The Morgan fingerprint density at radius 3 is 2.58 bits per heavy atom. The van der Waals surface area contributed by atoms with E-state index in [1.165, 1.54) is 12.1 Å². The number of nitrogens with one attached hydrogen (secondary N) is 3. The molecular formula is C29H31F2N5O2. The molecule has 1 fully saturated rings. The van der Waals surface area contributed by atoms with Crippen LogP contribution in [0.2, 0.25) is 0 Å². The van der Waals surface area contributed by atoms with Gasteiger partial charge in [-0.3, -0.25) is 9.59 Å². The van der Waals surface area contributed by atoms with Crippen molar-refractivity contribution in [2.24, 2.45) is 11.3 Å². The Bertz CT molecular complexity index is 1400. The van der Waals surface area contributed by atoms with Crippen molar-refractivity contribution in [2.75, 3.05) is 11.9 Å². The summed E-state index contributed by atoms with van der Waals surface area (Å²) in [6.45, 7) is 10.6. The number of H-pyrrole nitrogens is 1. The molecule has 3 aromatic rings. The summed E-state index contributed by atoms with van der Waals surface area (Å²) >= 11 is 0. The minimum absolute atomic E-state index is 0.0160. The Morgan fingerprint density at radius 2 is 1.92 bits per heavy atom. The van der Waals surface area contributed by atoms with Gasteiger partial charge in [0.25, 0.3) is 5.91 Å². The van der Waals surface area contributed by atoms with E-state index in [2.05, 4.69) is 28.3 Å². The number of likely N-dealkylation sites (tertiary alicyclic amines) is 1. The predicted molar refractivity (Wildman–Crippen MR) is 142 cm³/mol. The van der Waals surface area contributed by atoms with Crippen LogP contribution in [-0.4, -0.2) is 40.3 Å². The van der Waals surface area contributed by atoms with Gasteiger partial charge in [-0.05, 0) is 48.6 Å². The molecule has 2 amide bonds. The number of halogens is 2. The standard InChI is InChI=1S/C29H31F2N5O2/c1-17(36-16-18(12-20(36)15-32)27(37)33-19-8-6-5-7-9-19)25(14-29(2,3)4)35-28(38)24-13-21-23(34-24)11-10-22(30)26(21)31/h5-11,13,18,20,25,34H,1,12,14,16H2,2-4H3,(H,33,37)(H,35,38). The van der Waals surface area contributed by atoms with E-state index in [4.69, 9.17) is 0 Å². The van der Waals surface area contributed by atoms with E-state index in [9.17, 15) is 23.6 Å². The zero-order valence-electron chi connectivity index (χ0n) is 21.6. The summed E-state index contributed by atoms with van der Waals surface area (Å²) in [5, 5.41) is 15.7. The molecule has 1 aliphatic heterocycles. The maximum absolute atomic E-state index is 14.2. The van der Waals surface area contributed by atoms with E-state index in [1.54, 1.807) is 17.0 Å². The number of carbonyl (C=O) groups is 2. The van der Waals surface area contributed by atoms with Crippen LogP contribution in [0.3, 0.4) is 0 Å². The van der Waals surface area contributed by atoms with Gasteiger partial charge in [-0.15, -0.1) is 0 Å². The zero-order chi connectivity index (χ0) is 27.6. The second kappa shape index (κ2) is 10.7. The monoisotopic (exact) mass is 519 g/mol. The number of nitriles is 1. The van der Waals surface area contributed by atoms with Crippen molar-refractivity contribution >= 4 is 28.4 Å². The lowest BCUT2D eigenvalue weighted by Crippen LogP contribution is -2.45. The molecule has 0 radical (unpaired) electrons. The number of amides is 2. The molecule has 7 nitrogen and oxygen atoms in total. The summed E-state index contributed by atoms with van der Waals surface area (Å²) in [6, 6.07) is 13.9. The van der Waals surface area contributed by atoms with Gasteiger partial charge in [0.1, 0.15) is 11.7 Å². The largest absolute Gasteiger partial charge is 0.357 e. The van der Waals surface area contributed by atoms with Crippen LogP contribution in [-0.2, 0) is 4.79 Å². The van der Waals surface area contributed by atoms with Crippen LogP contribution in [0.4, 0.5) is 14.5 Å². The highest BCUT2D eigenvalue weighted by Crippen LogP contribution is 2.32. The van der Waals surface area contributed by atoms with Crippen LogP contribution in [0.1, 0.15) is 44.1 Å². The van der Waals surface area contributed by atoms with Crippen molar-refractivity contribution in [1.29, 1.82) is 5.26 Å². The van der Waals surface area contributed by atoms with Crippen molar-refractivity contribution < 1.29 is 18.4 Å². The highest BCUT2D eigenvalue weighted by Gasteiger charge is 2.39. The molecule has 0 saturated carbocycles. The number of hydrogen-bond acceptors (Lipinski definition) is 4. The Hall–Kier alpha value is -4.19. The fraction of sp³-hybridized carbons (Fsp3) is 0.345. The second-order valence-electron chi connectivity index (χ2n) is 10.9. The Balaban J connectivity index is 1.53. The topological polar surface area (TPSA) is 101 Å². The van der Waals surface area contributed by atoms with Gasteiger partial charge in [0.15, 0.2) is 11.6 Å². The predicted octanol–water partition coefficient (Wildman–Crippen LogP) is 5.35. The van der Waals surface area contributed by atoms with Crippen LogP contribution in [0, 0.1) is 34.3 Å². The lowest BCUT2D eigenvalue weighted by Gasteiger charge is -2.34. The number of para-hydroxylation sites is 1.